The molecule has 0 saturated carbocycles. The summed E-state index contributed by atoms with van der Waals surface area (Å²) in [5.41, 5.74) is 8.56. The van der Waals surface area contributed by atoms with Gasteiger partial charge in [-0.15, -0.1) is 0 Å². The number of aromatic amines is 1. The summed E-state index contributed by atoms with van der Waals surface area (Å²) in [5, 5.41) is 0. The number of nitrogens with one attached hydrogen (secondary N) is 1. The highest BCUT2D eigenvalue weighted by atomic mass is 16.1. The zero-order valence-corrected chi connectivity index (χ0v) is 8.18. The number of nitrogens with zero attached hydrogens (tertiary/aromatic N) is 1. The Morgan fingerprint density at radius 2 is 2.29 bits per heavy atom. The summed E-state index contributed by atoms with van der Waals surface area (Å²) >= 11 is 0. The Morgan fingerprint density at radius 1 is 1.43 bits per heavy atom. The van der Waals surface area contributed by atoms with Gasteiger partial charge in [0.15, 0.2) is 0 Å². The van der Waals surface area contributed by atoms with Crippen molar-refractivity contribution in [1.29, 1.82) is 0 Å². The van der Waals surface area contributed by atoms with Gasteiger partial charge in [0.25, 0.3) is 0 Å². The van der Waals surface area contributed by atoms with Crippen molar-refractivity contribution < 1.29 is 0 Å². The molecule has 2 rings (SSSR count). The van der Waals surface area contributed by atoms with E-state index in [0.29, 0.717) is 6.54 Å². The second-order valence-electron chi connectivity index (χ2n) is 3.69. The first-order valence-electron chi connectivity index (χ1n) is 5.12. The summed E-state index contributed by atoms with van der Waals surface area (Å²) in [4.78, 5) is 18.0. The maximum absolute atomic E-state index is 11.2. The molecule has 14 heavy (non-hydrogen) atoms. The predicted molar refractivity (Wildman–Crippen MR) is 54.3 cm³/mol. The van der Waals surface area contributed by atoms with Crippen LogP contribution in [0.25, 0.3) is 0 Å². The minimum absolute atomic E-state index is 0.210. The molecule has 0 aromatic carbocycles. The summed E-state index contributed by atoms with van der Waals surface area (Å²) in [5.74, 6) is 0. The molecule has 4 heteroatoms. The highest BCUT2D eigenvalue weighted by Crippen LogP contribution is 2.21. The third kappa shape index (κ3) is 1.70. The van der Waals surface area contributed by atoms with Gasteiger partial charge in [0.05, 0.1) is 5.69 Å². The molecule has 0 aliphatic heterocycles. The third-order valence-electron chi connectivity index (χ3n) is 2.68. The highest BCUT2D eigenvalue weighted by Gasteiger charge is 2.16. The smallest absolute Gasteiger partial charge is 0.330 e. The van der Waals surface area contributed by atoms with Gasteiger partial charge in [-0.3, -0.25) is 0 Å². The number of aromatic nitrogens is 2. The van der Waals surface area contributed by atoms with Crippen molar-refractivity contribution in [2.24, 2.45) is 5.73 Å². The summed E-state index contributed by atoms with van der Waals surface area (Å²) in [6.45, 7) is 0.656. The number of H-pyrrole nitrogens is 1. The lowest BCUT2D eigenvalue weighted by atomic mass is 10.1. The lowest BCUT2D eigenvalue weighted by Crippen LogP contribution is -2.17. The van der Waals surface area contributed by atoms with E-state index >= 15 is 0 Å². The first-order valence-corrected chi connectivity index (χ1v) is 5.12. The molecule has 0 amide bonds. The van der Waals surface area contributed by atoms with Crippen LogP contribution in [0.2, 0.25) is 0 Å². The average molecular weight is 193 g/mol. The number of hydrogen-bond acceptors (Lipinski definition) is 3. The molecule has 0 fully saturated rings. The van der Waals surface area contributed by atoms with Crippen LogP contribution in [0.15, 0.2) is 4.79 Å². The molecule has 1 aliphatic rings. The Balaban J connectivity index is 2.34. The molecule has 0 atom stereocenters. The van der Waals surface area contributed by atoms with Crippen LogP contribution in [0, 0.1) is 0 Å². The van der Waals surface area contributed by atoms with Crippen molar-refractivity contribution in [1.82, 2.24) is 9.97 Å². The number of rotatable bonds is 3. The van der Waals surface area contributed by atoms with E-state index < -0.39 is 0 Å². The van der Waals surface area contributed by atoms with Crippen LogP contribution in [0.1, 0.15) is 29.8 Å². The molecular formula is C10H15N3O. The maximum atomic E-state index is 11.2. The predicted octanol–water partition coefficient (Wildman–Crippen LogP) is 0.150. The van der Waals surface area contributed by atoms with Gasteiger partial charge in [-0.2, -0.15) is 4.98 Å². The van der Waals surface area contributed by atoms with Crippen molar-refractivity contribution in [2.45, 2.75) is 32.1 Å². The molecule has 3 N–H and O–H groups in total. The Bertz CT molecular complexity index is 383. The molecule has 0 bridgehead atoms. The van der Waals surface area contributed by atoms with Gasteiger partial charge >= 0.3 is 5.69 Å². The third-order valence-corrected chi connectivity index (χ3v) is 2.68. The van der Waals surface area contributed by atoms with Crippen LogP contribution in [0.3, 0.4) is 0 Å². The van der Waals surface area contributed by atoms with Gasteiger partial charge in [0.2, 0.25) is 0 Å². The largest absolute Gasteiger partial charge is 0.345 e. The van der Waals surface area contributed by atoms with Crippen molar-refractivity contribution >= 4 is 0 Å². The fraction of sp³-hybridized carbons (Fsp3) is 0.600. The molecule has 1 aromatic rings. The van der Waals surface area contributed by atoms with E-state index in [9.17, 15) is 4.79 Å². The molecule has 0 saturated heterocycles. The Labute approximate surface area is 82.6 Å². The monoisotopic (exact) mass is 193 g/mol. The highest BCUT2D eigenvalue weighted by molar-refractivity contribution is 5.28. The van der Waals surface area contributed by atoms with Crippen LogP contribution < -0.4 is 11.4 Å². The number of aryl methyl sites for hydroxylation is 2. The fourth-order valence-corrected chi connectivity index (χ4v) is 2.02. The lowest BCUT2D eigenvalue weighted by Gasteiger charge is -2.05. The zero-order chi connectivity index (χ0) is 9.97. The number of hydrogen-bond donors (Lipinski definition) is 2. The standard InChI is InChI=1S/C10H15N3O/c11-6-2-5-9-7-3-1-4-8(7)12-10(14)13-9/h1-6,11H2,(H,12,13,14). The first kappa shape index (κ1) is 9.40. The Kier molecular flexibility index (Phi) is 2.63. The molecule has 0 spiro atoms. The topological polar surface area (TPSA) is 71.8 Å². The van der Waals surface area contributed by atoms with Gasteiger partial charge in [0, 0.05) is 5.69 Å². The quantitative estimate of drug-likeness (QED) is 0.717. The number of fused-ring (bicyclic) bond motifs is 1. The second-order valence-corrected chi connectivity index (χ2v) is 3.69. The van der Waals surface area contributed by atoms with E-state index in [-0.39, 0.29) is 5.69 Å². The van der Waals surface area contributed by atoms with Gasteiger partial charge in [-0.05, 0) is 44.2 Å². The van der Waals surface area contributed by atoms with Gasteiger partial charge in [0.1, 0.15) is 0 Å². The van der Waals surface area contributed by atoms with Gasteiger partial charge in [-0.25, -0.2) is 4.79 Å². The maximum Gasteiger partial charge on any atom is 0.345 e. The lowest BCUT2D eigenvalue weighted by molar-refractivity contribution is 0.783. The summed E-state index contributed by atoms with van der Waals surface area (Å²) in [6, 6.07) is 0. The molecule has 1 aliphatic carbocycles. The molecule has 1 aromatic heterocycles. The van der Waals surface area contributed by atoms with Gasteiger partial charge < -0.3 is 10.7 Å². The molecule has 4 nitrogen and oxygen atoms in total. The van der Waals surface area contributed by atoms with E-state index in [1.165, 1.54) is 5.56 Å². The number of nitrogens with two attached hydrogens (primary N) is 1. The molecule has 0 unspecified atom stereocenters. The van der Waals surface area contributed by atoms with Crippen LogP contribution in [0.5, 0.6) is 0 Å². The Morgan fingerprint density at radius 3 is 3.07 bits per heavy atom. The average Bonchev–Trinajstić information content (AvgIpc) is 2.61. The van der Waals surface area contributed by atoms with Gasteiger partial charge in [-0.1, -0.05) is 0 Å². The minimum atomic E-state index is -0.210. The van der Waals surface area contributed by atoms with Crippen LogP contribution in [0.4, 0.5) is 0 Å². The second kappa shape index (κ2) is 3.92. The normalized spacial score (nSPS) is 14.4. The van der Waals surface area contributed by atoms with E-state index in [4.69, 9.17) is 5.73 Å². The first-order chi connectivity index (χ1) is 6.81. The summed E-state index contributed by atoms with van der Waals surface area (Å²) in [6.07, 6.45) is 4.92. The van der Waals surface area contributed by atoms with Crippen LogP contribution in [-0.4, -0.2) is 16.5 Å². The van der Waals surface area contributed by atoms with Crippen molar-refractivity contribution in [3.8, 4) is 0 Å². The SMILES string of the molecule is NCCCc1nc(=O)[nH]c2c1CCC2. The van der Waals surface area contributed by atoms with Crippen LogP contribution >= 0.6 is 0 Å². The molecular weight excluding hydrogens is 178 g/mol. The van der Waals surface area contributed by atoms with E-state index in [2.05, 4.69) is 9.97 Å². The van der Waals surface area contributed by atoms with E-state index in [1.807, 2.05) is 0 Å². The summed E-state index contributed by atoms with van der Waals surface area (Å²) in [7, 11) is 0. The summed E-state index contributed by atoms with van der Waals surface area (Å²) < 4.78 is 0. The van der Waals surface area contributed by atoms with Crippen molar-refractivity contribution in [3.05, 3.63) is 27.4 Å². The molecule has 0 radical (unpaired) electrons. The van der Waals surface area contributed by atoms with Crippen molar-refractivity contribution in [2.75, 3.05) is 6.54 Å². The Hall–Kier alpha value is -1.16. The minimum Gasteiger partial charge on any atom is -0.330 e. The van der Waals surface area contributed by atoms with E-state index in [1.54, 1.807) is 0 Å². The molecule has 76 valence electrons. The van der Waals surface area contributed by atoms with E-state index in [0.717, 1.165) is 43.5 Å². The zero-order valence-electron chi connectivity index (χ0n) is 8.18. The van der Waals surface area contributed by atoms with Crippen LogP contribution in [-0.2, 0) is 19.3 Å². The molecule has 1 heterocycles. The van der Waals surface area contributed by atoms with Crippen molar-refractivity contribution in [3.63, 3.8) is 0 Å². The fourth-order valence-electron chi connectivity index (χ4n) is 2.02.